The molecule has 0 radical (unpaired) electrons. The Balaban J connectivity index is 1.81. The van der Waals surface area contributed by atoms with Crippen molar-refractivity contribution in [3.05, 3.63) is 47.5 Å². The summed E-state index contributed by atoms with van der Waals surface area (Å²) in [7, 11) is 2.12. The summed E-state index contributed by atoms with van der Waals surface area (Å²) in [6, 6.07) is 8.62. The SMILES string of the molecule is C/C=C\c1ccc(/C=C/C(=O)NC[C@@H]2CCCN2C)cc1. The Bertz CT molecular complexity index is 517. The third-order valence-electron chi connectivity index (χ3n) is 3.91. The van der Waals surface area contributed by atoms with Gasteiger partial charge in [-0.3, -0.25) is 4.79 Å². The molecule has 1 aromatic rings. The highest BCUT2D eigenvalue weighted by Crippen LogP contribution is 2.13. The van der Waals surface area contributed by atoms with Crippen LogP contribution >= 0.6 is 0 Å². The average Bonchev–Trinajstić information content (AvgIpc) is 2.90. The largest absolute Gasteiger partial charge is 0.351 e. The van der Waals surface area contributed by atoms with E-state index in [1.807, 2.05) is 43.3 Å². The normalized spacial score (nSPS) is 19.6. The zero-order valence-corrected chi connectivity index (χ0v) is 12.9. The first-order valence-corrected chi connectivity index (χ1v) is 7.58. The number of hydrogen-bond donors (Lipinski definition) is 1. The molecule has 3 heteroatoms. The molecule has 1 N–H and O–H groups in total. The highest BCUT2D eigenvalue weighted by molar-refractivity contribution is 5.91. The number of allylic oxidation sites excluding steroid dienone is 1. The molecule has 1 aliphatic rings. The van der Waals surface area contributed by atoms with Crippen molar-refractivity contribution in [3.63, 3.8) is 0 Å². The minimum absolute atomic E-state index is 0.0205. The Morgan fingerprint density at radius 3 is 2.52 bits per heavy atom. The molecule has 0 saturated carbocycles. The lowest BCUT2D eigenvalue weighted by atomic mass is 10.1. The summed E-state index contributed by atoms with van der Waals surface area (Å²) < 4.78 is 0. The van der Waals surface area contributed by atoms with Crippen molar-refractivity contribution in [2.75, 3.05) is 20.1 Å². The van der Waals surface area contributed by atoms with Gasteiger partial charge in [0.1, 0.15) is 0 Å². The Labute approximate surface area is 127 Å². The molecule has 1 aliphatic heterocycles. The Morgan fingerprint density at radius 2 is 1.95 bits per heavy atom. The summed E-state index contributed by atoms with van der Waals surface area (Å²) >= 11 is 0. The van der Waals surface area contributed by atoms with Crippen molar-refractivity contribution in [2.45, 2.75) is 25.8 Å². The number of carbonyl (C=O) groups is 1. The van der Waals surface area contributed by atoms with Gasteiger partial charge in [0.2, 0.25) is 5.91 Å². The van der Waals surface area contributed by atoms with E-state index in [-0.39, 0.29) is 5.91 Å². The van der Waals surface area contributed by atoms with E-state index in [4.69, 9.17) is 0 Å². The van der Waals surface area contributed by atoms with Crippen LogP contribution in [0.3, 0.4) is 0 Å². The van der Waals surface area contributed by atoms with Crippen LogP contribution in [0.5, 0.6) is 0 Å². The third kappa shape index (κ3) is 4.87. The maximum absolute atomic E-state index is 11.8. The van der Waals surface area contributed by atoms with Crippen molar-refractivity contribution < 1.29 is 4.79 Å². The fourth-order valence-electron chi connectivity index (χ4n) is 2.60. The van der Waals surface area contributed by atoms with Crippen LogP contribution in [0.1, 0.15) is 30.9 Å². The second-order valence-electron chi connectivity index (χ2n) is 5.52. The Morgan fingerprint density at radius 1 is 1.29 bits per heavy atom. The van der Waals surface area contributed by atoms with E-state index in [0.29, 0.717) is 6.04 Å². The zero-order chi connectivity index (χ0) is 15.1. The van der Waals surface area contributed by atoms with Crippen molar-refractivity contribution in [1.82, 2.24) is 10.2 Å². The number of likely N-dealkylation sites (tertiary alicyclic amines) is 1. The van der Waals surface area contributed by atoms with Gasteiger partial charge in [-0.25, -0.2) is 0 Å². The van der Waals surface area contributed by atoms with Crippen LogP contribution in [-0.2, 0) is 4.79 Å². The highest BCUT2D eigenvalue weighted by atomic mass is 16.1. The topological polar surface area (TPSA) is 32.3 Å². The van der Waals surface area contributed by atoms with Gasteiger partial charge in [-0.2, -0.15) is 0 Å². The molecule has 1 saturated heterocycles. The van der Waals surface area contributed by atoms with E-state index in [9.17, 15) is 4.79 Å². The molecule has 1 atom stereocenters. The predicted molar refractivity (Wildman–Crippen MR) is 88.8 cm³/mol. The van der Waals surface area contributed by atoms with Crippen LogP contribution in [0.15, 0.2) is 36.4 Å². The minimum atomic E-state index is -0.0205. The van der Waals surface area contributed by atoms with Gasteiger partial charge < -0.3 is 10.2 Å². The fraction of sp³-hybridized carbons (Fsp3) is 0.389. The van der Waals surface area contributed by atoms with Crippen LogP contribution in [0.25, 0.3) is 12.2 Å². The van der Waals surface area contributed by atoms with Gasteiger partial charge in [0.05, 0.1) is 0 Å². The highest BCUT2D eigenvalue weighted by Gasteiger charge is 2.20. The lowest BCUT2D eigenvalue weighted by Gasteiger charge is -2.19. The van der Waals surface area contributed by atoms with Crippen LogP contribution in [0.2, 0.25) is 0 Å². The van der Waals surface area contributed by atoms with Gasteiger partial charge in [-0.15, -0.1) is 0 Å². The first-order valence-electron chi connectivity index (χ1n) is 7.58. The smallest absolute Gasteiger partial charge is 0.244 e. The maximum Gasteiger partial charge on any atom is 0.244 e. The van der Waals surface area contributed by atoms with Gasteiger partial charge in [-0.05, 0) is 50.6 Å². The number of hydrogen-bond acceptors (Lipinski definition) is 2. The van der Waals surface area contributed by atoms with Crippen LogP contribution in [-0.4, -0.2) is 37.0 Å². The Hall–Kier alpha value is -1.87. The van der Waals surface area contributed by atoms with Crippen molar-refractivity contribution >= 4 is 18.1 Å². The van der Waals surface area contributed by atoms with Crippen LogP contribution in [0, 0.1) is 0 Å². The second kappa shape index (κ2) is 7.79. The number of nitrogens with zero attached hydrogens (tertiary/aromatic N) is 1. The van der Waals surface area contributed by atoms with Crippen molar-refractivity contribution in [3.8, 4) is 0 Å². The quantitative estimate of drug-likeness (QED) is 0.843. The summed E-state index contributed by atoms with van der Waals surface area (Å²) in [5, 5.41) is 2.98. The van der Waals surface area contributed by atoms with E-state index in [2.05, 4.69) is 23.3 Å². The van der Waals surface area contributed by atoms with E-state index < -0.39 is 0 Å². The molecule has 0 spiro atoms. The summed E-state index contributed by atoms with van der Waals surface area (Å²) in [5.41, 5.74) is 2.21. The molecular formula is C18H24N2O. The lowest BCUT2D eigenvalue weighted by Crippen LogP contribution is -2.37. The number of likely N-dealkylation sites (N-methyl/N-ethyl adjacent to an activating group) is 1. The van der Waals surface area contributed by atoms with E-state index in [1.165, 1.54) is 18.4 Å². The predicted octanol–water partition coefficient (Wildman–Crippen LogP) is 2.94. The number of rotatable bonds is 5. The van der Waals surface area contributed by atoms with Gasteiger partial charge in [0, 0.05) is 18.7 Å². The molecule has 0 aromatic heterocycles. The molecule has 1 aromatic carbocycles. The second-order valence-corrected chi connectivity index (χ2v) is 5.52. The number of benzene rings is 1. The molecule has 3 nitrogen and oxygen atoms in total. The molecule has 1 heterocycles. The van der Waals surface area contributed by atoms with Gasteiger partial charge >= 0.3 is 0 Å². The van der Waals surface area contributed by atoms with Gasteiger partial charge in [0.25, 0.3) is 0 Å². The molecule has 1 amide bonds. The molecule has 21 heavy (non-hydrogen) atoms. The van der Waals surface area contributed by atoms with Crippen LogP contribution < -0.4 is 5.32 Å². The summed E-state index contributed by atoms with van der Waals surface area (Å²) in [6.07, 6.45) is 9.93. The number of carbonyl (C=O) groups excluding carboxylic acids is 1. The average molecular weight is 284 g/mol. The fourth-order valence-corrected chi connectivity index (χ4v) is 2.60. The molecular weight excluding hydrogens is 260 g/mol. The molecule has 112 valence electrons. The summed E-state index contributed by atoms with van der Waals surface area (Å²) in [4.78, 5) is 14.1. The molecule has 0 bridgehead atoms. The number of amides is 1. The zero-order valence-electron chi connectivity index (χ0n) is 12.9. The van der Waals surface area contributed by atoms with Crippen molar-refractivity contribution in [2.24, 2.45) is 0 Å². The molecule has 2 rings (SSSR count). The standard InChI is InChI=1S/C18H24N2O/c1-3-5-15-7-9-16(10-8-15)11-12-18(21)19-14-17-6-4-13-20(17)2/h3,5,7-12,17H,4,6,13-14H2,1-2H3,(H,19,21)/b5-3-,12-11+/t17-/m0/s1. The summed E-state index contributed by atoms with van der Waals surface area (Å²) in [5.74, 6) is -0.0205. The molecule has 1 fully saturated rings. The van der Waals surface area contributed by atoms with Crippen LogP contribution in [0.4, 0.5) is 0 Å². The monoisotopic (exact) mass is 284 g/mol. The molecule has 0 aliphatic carbocycles. The van der Waals surface area contributed by atoms with Gasteiger partial charge in [0.15, 0.2) is 0 Å². The van der Waals surface area contributed by atoms with E-state index in [0.717, 1.165) is 18.7 Å². The van der Waals surface area contributed by atoms with Crippen molar-refractivity contribution in [1.29, 1.82) is 0 Å². The third-order valence-corrected chi connectivity index (χ3v) is 3.91. The lowest BCUT2D eigenvalue weighted by molar-refractivity contribution is -0.116. The first-order chi connectivity index (χ1) is 10.2. The van der Waals surface area contributed by atoms with Gasteiger partial charge in [-0.1, -0.05) is 36.4 Å². The Kier molecular flexibility index (Phi) is 5.76. The maximum atomic E-state index is 11.8. The molecule has 0 unspecified atom stereocenters. The van der Waals surface area contributed by atoms with E-state index in [1.54, 1.807) is 6.08 Å². The number of nitrogens with one attached hydrogen (secondary N) is 1. The minimum Gasteiger partial charge on any atom is -0.351 e. The first kappa shape index (κ1) is 15.5. The summed E-state index contributed by atoms with van der Waals surface area (Å²) in [6.45, 7) is 3.87. The van der Waals surface area contributed by atoms with E-state index >= 15 is 0 Å².